The lowest BCUT2D eigenvalue weighted by Gasteiger charge is -2.35. The lowest BCUT2D eigenvalue weighted by molar-refractivity contribution is -0.161. The zero-order valence-corrected chi connectivity index (χ0v) is 16.2. The standard InChI is InChI=1S/C20H26O8/c1-5-9(2)18(23)28-16-12-10(3)19(24)27-15(12)13-11(14(22)17(16)26-4)6-7-20(13,25)8-21/h5,11-13,15-17,21,25H,3,6-8H2,1-2,4H3/b9-5+/t11-,12+,13+,15+,16+,17+,20-/m1/s1. The molecule has 8 nitrogen and oxygen atoms in total. The predicted molar refractivity (Wildman–Crippen MR) is 95.9 cm³/mol. The molecule has 0 radical (unpaired) electrons. The fourth-order valence-electron chi connectivity index (χ4n) is 4.73. The minimum Gasteiger partial charge on any atom is -0.458 e. The van der Waals surface area contributed by atoms with Crippen molar-refractivity contribution in [1.82, 2.24) is 0 Å². The van der Waals surface area contributed by atoms with E-state index in [0.29, 0.717) is 12.0 Å². The first kappa shape index (κ1) is 20.7. The molecular formula is C20H26O8. The highest BCUT2D eigenvalue weighted by molar-refractivity contribution is 5.94. The largest absolute Gasteiger partial charge is 0.458 e. The molecule has 2 N–H and O–H groups in total. The van der Waals surface area contributed by atoms with E-state index in [1.807, 2.05) is 0 Å². The third-order valence-electron chi connectivity index (χ3n) is 6.38. The number of methoxy groups -OCH3 is 1. The number of esters is 2. The molecule has 0 aromatic carbocycles. The third kappa shape index (κ3) is 3.00. The van der Waals surface area contributed by atoms with Crippen LogP contribution in [0.1, 0.15) is 26.7 Å². The Morgan fingerprint density at radius 1 is 1.43 bits per heavy atom. The monoisotopic (exact) mass is 394 g/mol. The normalized spacial score (nSPS) is 40.6. The van der Waals surface area contributed by atoms with E-state index in [2.05, 4.69) is 6.58 Å². The van der Waals surface area contributed by atoms with E-state index in [4.69, 9.17) is 14.2 Å². The molecule has 0 spiro atoms. The minimum absolute atomic E-state index is 0.0589. The van der Waals surface area contributed by atoms with Crippen LogP contribution in [0.2, 0.25) is 0 Å². The summed E-state index contributed by atoms with van der Waals surface area (Å²) in [6.45, 7) is 6.45. The summed E-state index contributed by atoms with van der Waals surface area (Å²) in [7, 11) is 1.33. The summed E-state index contributed by atoms with van der Waals surface area (Å²) in [6.07, 6.45) is -1.14. The Labute approximate surface area is 163 Å². The second-order valence-electron chi connectivity index (χ2n) is 7.75. The lowest BCUT2D eigenvalue weighted by atomic mass is 9.77. The molecule has 8 heteroatoms. The quantitative estimate of drug-likeness (QED) is 0.516. The molecule has 0 aromatic heterocycles. The Morgan fingerprint density at radius 2 is 2.11 bits per heavy atom. The summed E-state index contributed by atoms with van der Waals surface area (Å²) in [5, 5.41) is 20.7. The van der Waals surface area contributed by atoms with Gasteiger partial charge in [0.05, 0.1) is 18.1 Å². The van der Waals surface area contributed by atoms with Gasteiger partial charge < -0.3 is 24.4 Å². The van der Waals surface area contributed by atoms with Crippen LogP contribution in [-0.2, 0) is 28.6 Å². The number of Topliss-reactive ketones (excluding diaryl/α,β-unsaturated/α-hetero) is 1. The number of ketones is 1. The minimum atomic E-state index is -1.58. The summed E-state index contributed by atoms with van der Waals surface area (Å²) >= 11 is 0. The molecule has 7 atom stereocenters. The maximum atomic E-state index is 13.2. The van der Waals surface area contributed by atoms with Crippen LogP contribution in [0.25, 0.3) is 0 Å². The summed E-state index contributed by atoms with van der Waals surface area (Å²) in [4.78, 5) is 37.9. The first-order valence-electron chi connectivity index (χ1n) is 9.33. The van der Waals surface area contributed by atoms with Crippen molar-refractivity contribution in [3.05, 3.63) is 23.8 Å². The van der Waals surface area contributed by atoms with Crippen molar-refractivity contribution in [2.45, 2.75) is 50.6 Å². The van der Waals surface area contributed by atoms with Gasteiger partial charge in [-0.2, -0.15) is 0 Å². The van der Waals surface area contributed by atoms with Gasteiger partial charge in [0.1, 0.15) is 12.2 Å². The van der Waals surface area contributed by atoms with Crippen molar-refractivity contribution in [1.29, 1.82) is 0 Å². The molecule has 1 saturated heterocycles. The molecule has 0 amide bonds. The van der Waals surface area contributed by atoms with Crippen LogP contribution >= 0.6 is 0 Å². The SMILES string of the molecule is C=C1C(=O)O[C@H]2[C@H]1[C@H](OC(=O)/C(C)=C/C)[C@@H](OC)C(=O)[C@@H]1CC[C@@](O)(CO)[C@H]21. The molecule has 28 heavy (non-hydrogen) atoms. The van der Waals surface area contributed by atoms with Crippen molar-refractivity contribution in [2.24, 2.45) is 17.8 Å². The number of rotatable bonds is 4. The van der Waals surface area contributed by atoms with Crippen LogP contribution in [0, 0.1) is 17.8 Å². The molecule has 1 heterocycles. The van der Waals surface area contributed by atoms with Gasteiger partial charge in [0, 0.05) is 30.1 Å². The molecule has 2 saturated carbocycles. The molecule has 2 aliphatic carbocycles. The zero-order chi connectivity index (χ0) is 20.8. The number of aliphatic hydroxyl groups is 2. The lowest BCUT2D eigenvalue weighted by Crippen LogP contribution is -2.48. The van der Waals surface area contributed by atoms with Gasteiger partial charge in [-0.05, 0) is 26.7 Å². The van der Waals surface area contributed by atoms with Crippen molar-refractivity contribution < 1.29 is 38.8 Å². The highest BCUT2D eigenvalue weighted by atomic mass is 16.6. The van der Waals surface area contributed by atoms with E-state index in [-0.39, 0.29) is 17.8 Å². The molecule has 1 aliphatic heterocycles. The number of aliphatic hydroxyl groups excluding tert-OH is 1. The zero-order valence-electron chi connectivity index (χ0n) is 16.2. The van der Waals surface area contributed by atoms with Gasteiger partial charge >= 0.3 is 11.9 Å². The molecule has 0 aromatic rings. The Balaban J connectivity index is 2.10. The van der Waals surface area contributed by atoms with E-state index in [9.17, 15) is 24.6 Å². The Hall–Kier alpha value is -2.03. The van der Waals surface area contributed by atoms with Crippen LogP contribution < -0.4 is 0 Å². The summed E-state index contributed by atoms with van der Waals surface area (Å²) in [5.41, 5.74) is -1.18. The Kier molecular flexibility index (Phi) is 5.49. The smallest absolute Gasteiger partial charge is 0.334 e. The maximum absolute atomic E-state index is 13.2. The Bertz CT molecular complexity index is 740. The topological polar surface area (TPSA) is 119 Å². The van der Waals surface area contributed by atoms with Crippen molar-refractivity contribution in [3.63, 3.8) is 0 Å². The number of hydrogen-bond donors (Lipinski definition) is 2. The van der Waals surface area contributed by atoms with Gasteiger partial charge in [-0.1, -0.05) is 12.7 Å². The van der Waals surface area contributed by atoms with Gasteiger partial charge in [-0.25, -0.2) is 9.59 Å². The predicted octanol–water partition coefficient (Wildman–Crippen LogP) is 0.309. The highest BCUT2D eigenvalue weighted by Crippen LogP contribution is 2.52. The second-order valence-corrected chi connectivity index (χ2v) is 7.75. The molecule has 3 aliphatic rings. The molecule has 3 fully saturated rings. The maximum Gasteiger partial charge on any atom is 0.334 e. The third-order valence-corrected chi connectivity index (χ3v) is 6.38. The van der Waals surface area contributed by atoms with E-state index in [1.165, 1.54) is 7.11 Å². The van der Waals surface area contributed by atoms with Crippen LogP contribution in [-0.4, -0.2) is 65.6 Å². The van der Waals surface area contributed by atoms with Gasteiger partial charge in [-0.3, -0.25) is 4.79 Å². The van der Waals surface area contributed by atoms with Gasteiger partial charge in [0.2, 0.25) is 0 Å². The fraction of sp³-hybridized carbons (Fsp3) is 0.650. The van der Waals surface area contributed by atoms with Crippen LogP contribution in [0.5, 0.6) is 0 Å². The van der Waals surface area contributed by atoms with Crippen LogP contribution in [0.3, 0.4) is 0 Å². The fourth-order valence-corrected chi connectivity index (χ4v) is 4.73. The van der Waals surface area contributed by atoms with E-state index < -0.39 is 60.2 Å². The van der Waals surface area contributed by atoms with Gasteiger partial charge in [0.25, 0.3) is 0 Å². The van der Waals surface area contributed by atoms with E-state index in [0.717, 1.165) is 0 Å². The molecular weight excluding hydrogens is 368 g/mol. The molecule has 154 valence electrons. The summed E-state index contributed by atoms with van der Waals surface area (Å²) in [5.74, 6) is -4.04. The summed E-state index contributed by atoms with van der Waals surface area (Å²) in [6, 6.07) is 0. The molecule has 3 rings (SSSR count). The number of ether oxygens (including phenoxy) is 3. The average Bonchev–Trinajstić information content (AvgIpc) is 3.14. The number of allylic oxidation sites excluding steroid dienone is 1. The molecule has 0 unspecified atom stereocenters. The second kappa shape index (κ2) is 7.42. The first-order valence-corrected chi connectivity index (χ1v) is 9.33. The van der Waals surface area contributed by atoms with Gasteiger partial charge in [-0.15, -0.1) is 0 Å². The van der Waals surface area contributed by atoms with Crippen molar-refractivity contribution in [2.75, 3.05) is 13.7 Å². The van der Waals surface area contributed by atoms with Crippen LogP contribution in [0.15, 0.2) is 23.8 Å². The highest BCUT2D eigenvalue weighted by Gasteiger charge is 2.65. The first-order chi connectivity index (χ1) is 13.2. The van der Waals surface area contributed by atoms with E-state index in [1.54, 1.807) is 19.9 Å². The number of carbonyl (C=O) groups is 3. The van der Waals surface area contributed by atoms with E-state index >= 15 is 0 Å². The average molecular weight is 394 g/mol. The number of carbonyl (C=O) groups excluding carboxylic acids is 3. The summed E-state index contributed by atoms with van der Waals surface area (Å²) < 4.78 is 16.5. The van der Waals surface area contributed by atoms with Crippen molar-refractivity contribution in [3.8, 4) is 0 Å². The number of hydrogen-bond acceptors (Lipinski definition) is 8. The van der Waals surface area contributed by atoms with Crippen molar-refractivity contribution >= 4 is 17.7 Å². The Morgan fingerprint density at radius 3 is 2.68 bits per heavy atom. The number of fused-ring (bicyclic) bond motifs is 3. The van der Waals surface area contributed by atoms with Gasteiger partial charge in [0.15, 0.2) is 11.9 Å². The molecule has 0 bridgehead atoms. The van der Waals surface area contributed by atoms with Crippen LogP contribution in [0.4, 0.5) is 0 Å².